The number of nitrogens with two attached hydrogens (primary N) is 2. The molecule has 0 bridgehead atoms. The fraction of sp³-hybridized carbons (Fsp3) is 0.429. The Morgan fingerprint density at radius 2 is 1.97 bits per heavy atom. The molecule has 9 heteroatoms. The number of hydrogen-bond donors (Lipinski definition) is 3. The van der Waals surface area contributed by atoms with Gasteiger partial charge in [-0.1, -0.05) is 48.1 Å². The van der Waals surface area contributed by atoms with Crippen molar-refractivity contribution < 1.29 is 14.3 Å². The second kappa shape index (κ2) is 11.9. The van der Waals surface area contributed by atoms with Crippen molar-refractivity contribution in [1.29, 1.82) is 0 Å². The van der Waals surface area contributed by atoms with Crippen molar-refractivity contribution in [3.8, 4) is 0 Å². The van der Waals surface area contributed by atoms with Crippen molar-refractivity contribution >= 4 is 34.3 Å². The number of aromatic nitrogens is 1. The number of carbonyl (C=O) groups is 2. The van der Waals surface area contributed by atoms with Gasteiger partial charge < -0.3 is 21.5 Å². The molecule has 0 saturated heterocycles. The second-order valence-electron chi connectivity index (χ2n) is 6.82. The van der Waals surface area contributed by atoms with Crippen molar-refractivity contribution in [2.45, 2.75) is 45.4 Å². The van der Waals surface area contributed by atoms with Crippen molar-refractivity contribution in [3.63, 3.8) is 0 Å². The summed E-state index contributed by atoms with van der Waals surface area (Å²) in [5, 5.41) is 3.27. The number of carbonyl (C=O) groups excluding carboxylic acids is 2. The number of benzene rings is 1. The number of aliphatic imine (C=N–C) groups is 1. The summed E-state index contributed by atoms with van der Waals surface area (Å²) in [4.78, 5) is 32.9. The lowest BCUT2D eigenvalue weighted by atomic mass is 9.90. The maximum Gasteiger partial charge on any atom is 0.306 e. The minimum absolute atomic E-state index is 0.0912. The van der Waals surface area contributed by atoms with Crippen LogP contribution in [0.2, 0.25) is 0 Å². The van der Waals surface area contributed by atoms with Gasteiger partial charge in [0.05, 0.1) is 18.7 Å². The molecule has 2 aromatic rings. The highest BCUT2D eigenvalue weighted by atomic mass is 32.1. The minimum atomic E-state index is -0.187. The van der Waals surface area contributed by atoms with Crippen LogP contribution in [0.3, 0.4) is 0 Å². The van der Waals surface area contributed by atoms with E-state index in [-0.39, 0.29) is 23.8 Å². The van der Waals surface area contributed by atoms with Gasteiger partial charge in [0.1, 0.15) is 4.88 Å². The summed E-state index contributed by atoms with van der Waals surface area (Å²) < 4.78 is 5.11. The zero-order valence-electron chi connectivity index (χ0n) is 17.4. The predicted molar refractivity (Wildman–Crippen MR) is 119 cm³/mol. The Morgan fingerprint density at radius 3 is 2.63 bits per heavy atom. The minimum Gasteiger partial charge on any atom is -0.466 e. The third-order valence-electron chi connectivity index (χ3n) is 4.47. The molecule has 1 aromatic carbocycles. The monoisotopic (exact) mass is 431 g/mol. The molecule has 0 saturated carbocycles. The van der Waals surface area contributed by atoms with Gasteiger partial charge in [0.2, 0.25) is 5.13 Å². The normalized spacial score (nSPS) is 11.5. The van der Waals surface area contributed by atoms with E-state index in [0.717, 1.165) is 36.2 Å². The Balaban J connectivity index is 1.83. The van der Waals surface area contributed by atoms with Crippen LogP contribution in [-0.4, -0.2) is 36.0 Å². The molecule has 0 aliphatic rings. The standard InChI is InChI=1S/C21H29N5O3S/c1-3-29-17(27)13-16(15-9-5-4-6-10-15)11-7-8-12-24-19(28)18-14(2)25-21(30-18)26-20(22)23/h4-6,9-10,16H,3,7-8,11-13H2,1-2H3,(H,24,28)(H4,22,23,25,26). The van der Waals surface area contributed by atoms with E-state index in [0.29, 0.717) is 35.3 Å². The molecule has 1 atom stereocenters. The van der Waals surface area contributed by atoms with Crippen LogP contribution in [0.25, 0.3) is 0 Å². The molecule has 2 rings (SSSR count). The molecule has 162 valence electrons. The Labute approximate surface area is 180 Å². The van der Waals surface area contributed by atoms with E-state index in [1.54, 1.807) is 6.92 Å². The highest BCUT2D eigenvalue weighted by molar-refractivity contribution is 7.17. The van der Waals surface area contributed by atoms with Crippen molar-refractivity contribution in [3.05, 3.63) is 46.5 Å². The largest absolute Gasteiger partial charge is 0.466 e. The van der Waals surface area contributed by atoms with E-state index < -0.39 is 0 Å². The number of nitrogens with one attached hydrogen (secondary N) is 1. The predicted octanol–water partition coefficient (Wildman–Crippen LogP) is 2.99. The highest BCUT2D eigenvalue weighted by Gasteiger charge is 2.17. The average molecular weight is 432 g/mol. The smallest absolute Gasteiger partial charge is 0.306 e. The molecule has 0 aliphatic heterocycles. The van der Waals surface area contributed by atoms with Gasteiger partial charge in [0, 0.05) is 6.54 Å². The number of esters is 1. The van der Waals surface area contributed by atoms with Gasteiger partial charge in [0.15, 0.2) is 5.96 Å². The number of guanidine groups is 1. The first-order chi connectivity index (χ1) is 14.4. The summed E-state index contributed by atoms with van der Waals surface area (Å²) in [5.74, 6) is -0.358. The summed E-state index contributed by atoms with van der Waals surface area (Å²) >= 11 is 1.15. The van der Waals surface area contributed by atoms with Gasteiger partial charge in [-0.2, -0.15) is 4.99 Å². The lowest BCUT2D eigenvalue weighted by molar-refractivity contribution is -0.143. The Hall–Kier alpha value is -2.94. The van der Waals surface area contributed by atoms with E-state index in [9.17, 15) is 9.59 Å². The van der Waals surface area contributed by atoms with Crippen LogP contribution >= 0.6 is 11.3 Å². The van der Waals surface area contributed by atoms with E-state index in [1.165, 1.54) is 0 Å². The van der Waals surface area contributed by atoms with Crippen LogP contribution in [0.1, 0.15) is 59.5 Å². The van der Waals surface area contributed by atoms with E-state index in [1.807, 2.05) is 37.3 Å². The summed E-state index contributed by atoms with van der Waals surface area (Å²) in [5.41, 5.74) is 12.4. The van der Waals surface area contributed by atoms with Gasteiger partial charge >= 0.3 is 5.97 Å². The first-order valence-electron chi connectivity index (χ1n) is 9.96. The van der Waals surface area contributed by atoms with Gasteiger partial charge in [-0.15, -0.1) is 0 Å². The van der Waals surface area contributed by atoms with Crippen LogP contribution in [0.5, 0.6) is 0 Å². The number of ether oxygens (including phenoxy) is 1. The van der Waals surface area contributed by atoms with E-state index in [2.05, 4.69) is 15.3 Å². The molecule has 1 aromatic heterocycles. The maximum absolute atomic E-state index is 12.4. The second-order valence-corrected chi connectivity index (χ2v) is 7.79. The Morgan fingerprint density at radius 1 is 1.23 bits per heavy atom. The fourth-order valence-electron chi connectivity index (χ4n) is 3.08. The molecular formula is C21H29N5O3S. The number of nitrogens with zero attached hydrogens (tertiary/aromatic N) is 2. The van der Waals surface area contributed by atoms with Crippen LogP contribution in [0.4, 0.5) is 5.13 Å². The average Bonchev–Trinajstić information content (AvgIpc) is 3.07. The zero-order valence-corrected chi connectivity index (χ0v) is 18.2. The number of unbranched alkanes of at least 4 members (excludes halogenated alkanes) is 1. The highest BCUT2D eigenvalue weighted by Crippen LogP contribution is 2.26. The first-order valence-corrected chi connectivity index (χ1v) is 10.8. The van der Waals surface area contributed by atoms with Crippen molar-refractivity contribution in [2.75, 3.05) is 13.2 Å². The van der Waals surface area contributed by atoms with Gasteiger partial charge in [-0.05, 0) is 38.2 Å². The number of hydrogen-bond acceptors (Lipinski definition) is 6. The van der Waals surface area contributed by atoms with E-state index in [4.69, 9.17) is 16.2 Å². The Bertz CT molecular complexity index is 863. The summed E-state index contributed by atoms with van der Waals surface area (Å²) in [6, 6.07) is 9.97. The molecular weight excluding hydrogens is 402 g/mol. The molecule has 1 heterocycles. The quantitative estimate of drug-likeness (QED) is 0.217. The third kappa shape index (κ3) is 7.47. The first kappa shape index (κ1) is 23.3. The van der Waals surface area contributed by atoms with Crippen molar-refractivity contribution in [2.24, 2.45) is 16.5 Å². The molecule has 1 unspecified atom stereocenters. The van der Waals surface area contributed by atoms with Crippen LogP contribution in [-0.2, 0) is 9.53 Å². The SMILES string of the molecule is CCOC(=O)CC(CCCCNC(=O)c1sc(N=C(N)N)nc1C)c1ccccc1. The zero-order chi connectivity index (χ0) is 21.9. The number of rotatable bonds is 11. The number of thiazole rings is 1. The fourth-order valence-corrected chi connectivity index (χ4v) is 3.96. The molecule has 0 fully saturated rings. The number of amides is 1. The maximum atomic E-state index is 12.4. The molecule has 0 radical (unpaired) electrons. The lowest BCUT2D eigenvalue weighted by Gasteiger charge is -2.16. The van der Waals surface area contributed by atoms with Crippen LogP contribution < -0.4 is 16.8 Å². The lowest BCUT2D eigenvalue weighted by Crippen LogP contribution is -2.24. The molecule has 8 nitrogen and oxygen atoms in total. The van der Waals surface area contributed by atoms with Gasteiger partial charge in [-0.3, -0.25) is 9.59 Å². The van der Waals surface area contributed by atoms with Gasteiger partial charge in [-0.25, -0.2) is 4.98 Å². The van der Waals surface area contributed by atoms with E-state index >= 15 is 0 Å². The van der Waals surface area contributed by atoms with Crippen LogP contribution in [0, 0.1) is 6.92 Å². The summed E-state index contributed by atoms with van der Waals surface area (Å²) in [7, 11) is 0. The van der Waals surface area contributed by atoms with Crippen molar-refractivity contribution in [1.82, 2.24) is 10.3 Å². The van der Waals surface area contributed by atoms with Gasteiger partial charge in [0.25, 0.3) is 5.91 Å². The number of aryl methyl sites for hydroxylation is 1. The molecule has 0 aliphatic carbocycles. The molecule has 0 spiro atoms. The molecule has 30 heavy (non-hydrogen) atoms. The molecule has 1 amide bonds. The summed E-state index contributed by atoms with van der Waals surface area (Å²) in [6.45, 7) is 4.48. The third-order valence-corrected chi connectivity index (χ3v) is 5.52. The summed E-state index contributed by atoms with van der Waals surface area (Å²) in [6.07, 6.45) is 2.88. The Kier molecular flexibility index (Phi) is 9.27. The topological polar surface area (TPSA) is 133 Å². The van der Waals surface area contributed by atoms with Crippen LogP contribution in [0.15, 0.2) is 35.3 Å². The molecule has 5 N–H and O–H groups in total.